The summed E-state index contributed by atoms with van der Waals surface area (Å²) in [5, 5.41) is 0. The lowest BCUT2D eigenvalue weighted by Crippen LogP contribution is -2.40. The lowest BCUT2D eigenvalue weighted by Gasteiger charge is -2.32. The molecule has 0 aromatic heterocycles. The van der Waals surface area contributed by atoms with E-state index in [4.69, 9.17) is 14.2 Å². The van der Waals surface area contributed by atoms with Crippen molar-refractivity contribution in [2.75, 3.05) is 20.5 Å². The van der Waals surface area contributed by atoms with E-state index in [0.29, 0.717) is 12.8 Å². The molecule has 0 heterocycles. The average molecular weight is 230 g/mol. The lowest BCUT2D eigenvalue weighted by atomic mass is 9.93. The van der Waals surface area contributed by atoms with E-state index in [-0.39, 0.29) is 19.4 Å². The van der Waals surface area contributed by atoms with E-state index in [1.165, 1.54) is 0 Å². The molecule has 0 aliphatic heterocycles. The smallest absolute Gasteiger partial charge is 0.306 e. The maximum atomic E-state index is 11.4. The zero-order chi connectivity index (χ0) is 12.6. The summed E-state index contributed by atoms with van der Waals surface area (Å²) in [6.45, 7) is 9.86. The minimum atomic E-state index is -0.731. The number of carbonyl (C=O) groups is 1. The third kappa shape index (κ3) is 4.33. The van der Waals surface area contributed by atoms with Crippen molar-refractivity contribution in [3.8, 4) is 0 Å². The molecule has 0 spiro atoms. The zero-order valence-electron chi connectivity index (χ0n) is 10.7. The molecule has 0 radical (unpaired) electrons. The van der Waals surface area contributed by atoms with Crippen LogP contribution in [0.3, 0.4) is 0 Å². The minimum Gasteiger partial charge on any atom is -0.452 e. The van der Waals surface area contributed by atoms with Gasteiger partial charge in [-0.1, -0.05) is 20.4 Å². The van der Waals surface area contributed by atoms with Gasteiger partial charge in [0.05, 0.1) is 6.61 Å². The number of carbonyl (C=O) groups excluding carboxylic acids is 1. The molecular weight excluding hydrogens is 208 g/mol. The Morgan fingerprint density at radius 3 is 2.38 bits per heavy atom. The standard InChI is InChI=1S/C12H22O4/c1-6-11(13)16-12(7-2,10(3)4)8-15-9-14-5/h3,6-9H2,1-2,4-5H3. The summed E-state index contributed by atoms with van der Waals surface area (Å²) in [5.41, 5.74) is 0.0546. The fraction of sp³-hybridized carbons (Fsp3) is 0.750. The van der Waals surface area contributed by atoms with Crippen LogP contribution in [0.5, 0.6) is 0 Å². The van der Waals surface area contributed by atoms with Crippen LogP contribution in [0, 0.1) is 0 Å². The van der Waals surface area contributed by atoms with E-state index in [1.807, 2.05) is 13.8 Å². The Bertz CT molecular complexity index is 237. The molecule has 94 valence electrons. The van der Waals surface area contributed by atoms with E-state index < -0.39 is 5.60 Å². The van der Waals surface area contributed by atoms with Gasteiger partial charge in [-0.3, -0.25) is 4.79 Å². The van der Waals surface area contributed by atoms with E-state index in [2.05, 4.69) is 6.58 Å². The molecule has 4 heteroatoms. The monoisotopic (exact) mass is 230 g/mol. The highest BCUT2D eigenvalue weighted by atomic mass is 16.7. The molecule has 0 bridgehead atoms. The Morgan fingerprint density at radius 1 is 1.38 bits per heavy atom. The van der Waals surface area contributed by atoms with Crippen LogP contribution in [-0.2, 0) is 19.0 Å². The molecule has 0 fully saturated rings. The summed E-state index contributed by atoms with van der Waals surface area (Å²) in [7, 11) is 1.55. The van der Waals surface area contributed by atoms with Crippen molar-refractivity contribution in [3.05, 3.63) is 12.2 Å². The molecule has 1 atom stereocenters. The maximum Gasteiger partial charge on any atom is 0.306 e. The van der Waals surface area contributed by atoms with E-state index in [9.17, 15) is 4.79 Å². The fourth-order valence-corrected chi connectivity index (χ4v) is 1.30. The lowest BCUT2D eigenvalue weighted by molar-refractivity contribution is -0.166. The fourth-order valence-electron chi connectivity index (χ4n) is 1.30. The van der Waals surface area contributed by atoms with Gasteiger partial charge in [0.2, 0.25) is 0 Å². The van der Waals surface area contributed by atoms with Crippen LogP contribution < -0.4 is 0 Å². The van der Waals surface area contributed by atoms with Gasteiger partial charge in [-0.15, -0.1) is 0 Å². The third-order valence-corrected chi connectivity index (χ3v) is 2.48. The molecule has 0 saturated heterocycles. The SMILES string of the molecule is C=C(C)C(CC)(COCOC)OC(=O)CC. The number of esters is 1. The number of methoxy groups -OCH3 is 1. The minimum absolute atomic E-state index is 0.179. The first-order valence-corrected chi connectivity index (χ1v) is 5.47. The van der Waals surface area contributed by atoms with Crippen LogP contribution in [-0.4, -0.2) is 32.1 Å². The normalized spacial score (nSPS) is 14.2. The average Bonchev–Trinajstić information content (AvgIpc) is 2.27. The predicted molar refractivity (Wildman–Crippen MR) is 62.0 cm³/mol. The molecule has 1 unspecified atom stereocenters. The highest BCUT2D eigenvalue weighted by Crippen LogP contribution is 2.25. The molecular formula is C12H22O4. The summed E-state index contributed by atoms with van der Waals surface area (Å²) in [6.07, 6.45) is 0.983. The summed E-state index contributed by atoms with van der Waals surface area (Å²) in [6, 6.07) is 0. The topological polar surface area (TPSA) is 44.8 Å². The summed E-state index contributed by atoms with van der Waals surface area (Å²) >= 11 is 0. The second-order valence-corrected chi connectivity index (χ2v) is 3.71. The van der Waals surface area contributed by atoms with Gasteiger partial charge in [0.15, 0.2) is 5.60 Å². The molecule has 0 rings (SSSR count). The van der Waals surface area contributed by atoms with Gasteiger partial charge in [-0.05, 0) is 18.9 Å². The second-order valence-electron chi connectivity index (χ2n) is 3.71. The summed E-state index contributed by atoms with van der Waals surface area (Å²) in [5.74, 6) is -0.245. The molecule has 0 N–H and O–H groups in total. The second kappa shape index (κ2) is 7.41. The van der Waals surface area contributed by atoms with Gasteiger partial charge in [-0.25, -0.2) is 0 Å². The molecule has 0 aliphatic rings. The molecule has 0 aromatic rings. The number of hydrogen-bond donors (Lipinski definition) is 0. The zero-order valence-corrected chi connectivity index (χ0v) is 10.7. The number of hydrogen-bond acceptors (Lipinski definition) is 4. The van der Waals surface area contributed by atoms with Gasteiger partial charge in [0, 0.05) is 13.5 Å². The van der Waals surface area contributed by atoms with E-state index >= 15 is 0 Å². The Kier molecular flexibility index (Phi) is 7.01. The van der Waals surface area contributed by atoms with Crippen LogP contribution in [0.1, 0.15) is 33.6 Å². The summed E-state index contributed by atoms with van der Waals surface area (Å²) < 4.78 is 15.5. The Balaban J connectivity index is 4.58. The van der Waals surface area contributed by atoms with Crippen molar-refractivity contribution in [1.29, 1.82) is 0 Å². The van der Waals surface area contributed by atoms with Crippen LogP contribution >= 0.6 is 0 Å². The number of rotatable bonds is 8. The van der Waals surface area contributed by atoms with E-state index in [1.54, 1.807) is 14.0 Å². The number of ether oxygens (including phenoxy) is 3. The Morgan fingerprint density at radius 2 is 2.00 bits per heavy atom. The first kappa shape index (κ1) is 15.1. The van der Waals surface area contributed by atoms with Gasteiger partial charge in [-0.2, -0.15) is 0 Å². The first-order valence-electron chi connectivity index (χ1n) is 5.47. The van der Waals surface area contributed by atoms with Crippen LogP contribution in [0.2, 0.25) is 0 Å². The maximum absolute atomic E-state index is 11.4. The Labute approximate surface area is 97.6 Å². The van der Waals surface area contributed by atoms with Crippen LogP contribution in [0.25, 0.3) is 0 Å². The molecule has 16 heavy (non-hydrogen) atoms. The Hall–Kier alpha value is -0.870. The molecule has 0 amide bonds. The van der Waals surface area contributed by atoms with Gasteiger partial charge < -0.3 is 14.2 Å². The van der Waals surface area contributed by atoms with Crippen molar-refractivity contribution < 1.29 is 19.0 Å². The highest BCUT2D eigenvalue weighted by molar-refractivity contribution is 5.69. The van der Waals surface area contributed by atoms with Crippen molar-refractivity contribution >= 4 is 5.97 Å². The predicted octanol–water partition coefficient (Wildman–Crippen LogP) is 2.29. The van der Waals surface area contributed by atoms with Crippen LogP contribution in [0.15, 0.2) is 12.2 Å². The molecule has 0 aromatic carbocycles. The molecule has 0 aliphatic carbocycles. The van der Waals surface area contributed by atoms with Crippen molar-refractivity contribution in [1.82, 2.24) is 0 Å². The van der Waals surface area contributed by atoms with Crippen molar-refractivity contribution in [2.24, 2.45) is 0 Å². The molecule has 4 nitrogen and oxygen atoms in total. The third-order valence-electron chi connectivity index (χ3n) is 2.48. The largest absolute Gasteiger partial charge is 0.452 e. The highest BCUT2D eigenvalue weighted by Gasteiger charge is 2.33. The van der Waals surface area contributed by atoms with Crippen molar-refractivity contribution in [2.45, 2.75) is 39.2 Å². The first-order chi connectivity index (χ1) is 7.52. The van der Waals surface area contributed by atoms with Crippen molar-refractivity contribution in [3.63, 3.8) is 0 Å². The van der Waals surface area contributed by atoms with Gasteiger partial charge in [0.1, 0.15) is 6.79 Å². The quantitative estimate of drug-likeness (QED) is 0.278. The van der Waals surface area contributed by atoms with E-state index in [0.717, 1.165) is 5.57 Å². The molecule has 0 saturated carbocycles. The van der Waals surface area contributed by atoms with Gasteiger partial charge >= 0.3 is 5.97 Å². The van der Waals surface area contributed by atoms with Crippen LogP contribution in [0.4, 0.5) is 0 Å². The van der Waals surface area contributed by atoms with Gasteiger partial charge in [0.25, 0.3) is 0 Å². The summed E-state index contributed by atoms with van der Waals surface area (Å²) in [4.78, 5) is 11.4.